The number of hydrogen-bond acceptors (Lipinski definition) is 2. The third kappa shape index (κ3) is 3.77. The summed E-state index contributed by atoms with van der Waals surface area (Å²) >= 11 is 0. The maximum Gasteiger partial charge on any atom is 0.229 e. The Morgan fingerprint density at radius 1 is 0.762 bits per heavy atom. The van der Waals surface area contributed by atoms with Crippen LogP contribution in [0.15, 0.2) is 0 Å². The van der Waals surface area contributed by atoms with E-state index in [-0.39, 0.29) is 19.2 Å². The molecular weight excluding hydrogens is 297 g/mol. The summed E-state index contributed by atoms with van der Waals surface area (Å²) in [5.74, 6) is -9.64. The lowest BCUT2D eigenvalue weighted by Gasteiger charge is -2.02. The van der Waals surface area contributed by atoms with Crippen LogP contribution >= 0.6 is 0 Å². The van der Waals surface area contributed by atoms with Gasteiger partial charge in [-0.3, -0.25) is 14.5 Å². The molecule has 0 aromatic heterocycles. The zero-order valence-corrected chi connectivity index (χ0v) is 10.6. The zero-order valence-electron chi connectivity index (χ0n) is 10.6. The summed E-state index contributed by atoms with van der Waals surface area (Å²) in [5, 5.41) is 0. The maximum absolute atomic E-state index is 12.4. The van der Waals surface area contributed by atoms with Gasteiger partial charge in [-0.25, -0.2) is 22.0 Å². The molecule has 1 saturated heterocycles. The lowest BCUT2D eigenvalue weighted by Crippen LogP contribution is -2.23. The van der Waals surface area contributed by atoms with Crippen molar-refractivity contribution >= 4 is 11.8 Å². The van der Waals surface area contributed by atoms with Crippen LogP contribution in [0.25, 0.3) is 0 Å². The van der Waals surface area contributed by atoms with E-state index < -0.39 is 34.6 Å². The first-order chi connectivity index (χ1) is 9.18. The first-order valence-electron chi connectivity index (χ1n) is 5.45. The predicted octanol–water partition coefficient (Wildman–Crippen LogP) is 3.09. The molecule has 0 radical (unpaired) electrons. The van der Waals surface area contributed by atoms with E-state index in [2.05, 4.69) is 0 Å². The van der Waals surface area contributed by atoms with Gasteiger partial charge in [0.05, 0.1) is 0 Å². The fourth-order valence-corrected chi connectivity index (χ4v) is 1.40. The molecule has 0 atom stereocenters. The van der Waals surface area contributed by atoms with Crippen LogP contribution in [0, 0.1) is 36.0 Å². The Kier molecular flexibility index (Phi) is 6.47. The van der Waals surface area contributed by atoms with E-state index in [9.17, 15) is 31.5 Å². The third-order valence-electron chi connectivity index (χ3n) is 2.73. The van der Waals surface area contributed by atoms with E-state index in [0.29, 0.717) is 12.8 Å². The Balaban J connectivity index is 0.000000390. The molecule has 0 bridgehead atoms. The number of amides is 2. The summed E-state index contributed by atoms with van der Waals surface area (Å²) in [4.78, 5) is 22.1. The van der Waals surface area contributed by atoms with Crippen molar-refractivity contribution in [3.8, 4) is 0 Å². The van der Waals surface area contributed by atoms with Gasteiger partial charge in [-0.05, 0) is 6.92 Å². The Labute approximate surface area is 118 Å². The molecule has 1 heterocycles. The van der Waals surface area contributed by atoms with Crippen molar-refractivity contribution in [2.45, 2.75) is 27.2 Å². The summed E-state index contributed by atoms with van der Waals surface area (Å²) in [7, 11) is 1.51. The van der Waals surface area contributed by atoms with Crippen LogP contribution in [0.3, 0.4) is 0 Å². The van der Waals surface area contributed by atoms with Gasteiger partial charge in [0.1, 0.15) is 0 Å². The largest absolute Gasteiger partial charge is 0.286 e. The number of imide groups is 1. The van der Waals surface area contributed by atoms with Gasteiger partial charge in [0, 0.05) is 25.5 Å². The van der Waals surface area contributed by atoms with Crippen molar-refractivity contribution in [3.05, 3.63) is 34.6 Å². The maximum atomic E-state index is 12.4. The predicted molar refractivity (Wildman–Crippen MR) is 64.7 cm³/mol. The molecule has 0 aliphatic carbocycles. The normalized spacial score (nSPS) is 13.8. The molecule has 1 aromatic carbocycles. The molecule has 3 nitrogen and oxygen atoms in total. The monoisotopic (exact) mass is 311 g/mol. The van der Waals surface area contributed by atoms with Crippen LogP contribution < -0.4 is 0 Å². The Bertz CT molecular complexity index is 453. The average molecular weight is 311 g/mol. The molecular formula is C13H14F5NO2. The Hall–Kier alpha value is -1.99. The minimum absolute atomic E-state index is 0. The van der Waals surface area contributed by atoms with E-state index >= 15 is 0 Å². The second-order valence-corrected chi connectivity index (χ2v) is 4.04. The molecule has 1 fully saturated rings. The van der Waals surface area contributed by atoms with E-state index in [4.69, 9.17) is 0 Å². The molecule has 1 aliphatic rings. The van der Waals surface area contributed by atoms with Gasteiger partial charge >= 0.3 is 0 Å². The van der Waals surface area contributed by atoms with Crippen molar-refractivity contribution in [1.29, 1.82) is 0 Å². The highest BCUT2D eigenvalue weighted by molar-refractivity contribution is 6.01. The van der Waals surface area contributed by atoms with Gasteiger partial charge in [-0.1, -0.05) is 7.43 Å². The number of likely N-dealkylation sites (tertiary alicyclic amines) is 1. The number of hydrogen-bond donors (Lipinski definition) is 0. The number of rotatable bonds is 0. The summed E-state index contributed by atoms with van der Waals surface area (Å²) in [6.07, 6.45) is 0.796. The van der Waals surface area contributed by atoms with Crippen LogP contribution in [0.2, 0.25) is 0 Å². The lowest BCUT2D eigenvalue weighted by atomic mass is 10.2. The zero-order chi connectivity index (χ0) is 15.6. The minimum atomic E-state index is -2.13. The fourth-order valence-electron chi connectivity index (χ4n) is 1.40. The summed E-state index contributed by atoms with van der Waals surface area (Å²) in [6, 6.07) is 0. The van der Waals surface area contributed by atoms with Crippen LogP contribution in [-0.2, 0) is 9.59 Å². The molecule has 8 heteroatoms. The number of benzene rings is 1. The smallest absolute Gasteiger partial charge is 0.229 e. The summed E-state index contributed by atoms with van der Waals surface area (Å²) in [5.41, 5.74) is -0.869. The first-order valence-corrected chi connectivity index (χ1v) is 5.45. The molecule has 21 heavy (non-hydrogen) atoms. The number of carbonyl (C=O) groups is 2. The van der Waals surface area contributed by atoms with Crippen LogP contribution in [-0.4, -0.2) is 23.8 Å². The molecule has 0 saturated carbocycles. The van der Waals surface area contributed by atoms with Crippen molar-refractivity contribution in [2.24, 2.45) is 0 Å². The lowest BCUT2D eigenvalue weighted by molar-refractivity contribution is -0.136. The second kappa shape index (κ2) is 7.14. The Morgan fingerprint density at radius 2 is 1.05 bits per heavy atom. The van der Waals surface area contributed by atoms with Crippen molar-refractivity contribution in [2.75, 3.05) is 7.05 Å². The average Bonchev–Trinajstić information content (AvgIpc) is 2.73. The van der Waals surface area contributed by atoms with Crippen molar-refractivity contribution in [3.63, 3.8) is 0 Å². The van der Waals surface area contributed by atoms with Gasteiger partial charge < -0.3 is 0 Å². The molecule has 0 spiro atoms. The van der Waals surface area contributed by atoms with Crippen molar-refractivity contribution < 1.29 is 31.5 Å². The number of nitrogens with zero attached hydrogens (tertiary/aromatic N) is 1. The molecule has 2 rings (SSSR count). The van der Waals surface area contributed by atoms with E-state index in [0.717, 1.165) is 6.92 Å². The molecule has 0 N–H and O–H groups in total. The highest BCUT2D eigenvalue weighted by Gasteiger charge is 2.24. The molecule has 118 valence electrons. The highest BCUT2D eigenvalue weighted by Crippen LogP contribution is 2.21. The Morgan fingerprint density at radius 3 is 1.29 bits per heavy atom. The van der Waals surface area contributed by atoms with E-state index in [1.165, 1.54) is 11.9 Å². The second-order valence-electron chi connectivity index (χ2n) is 4.04. The molecule has 1 aromatic rings. The van der Waals surface area contributed by atoms with E-state index in [1.807, 2.05) is 0 Å². The standard InChI is InChI=1S/C7H3F5.C5H7NO2.CH4/c1-2-3(8)5(10)7(12)6(11)4(2)9;1-6-4(7)2-3-5(6)8;/h1H3;2-3H2,1H3;1H4. The van der Waals surface area contributed by atoms with Crippen LogP contribution in [0.4, 0.5) is 22.0 Å². The summed E-state index contributed by atoms with van der Waals surface area (Å²) < 4.78 is 61.6. The first kappa shape index (κ1) is 19.0. The van der Waals surface area contributed by atoms with Crippen LogP contribution in [0.5, 0.6) is 0 Å². The topological polar surface area (TPSA) is 37.4 Å². The van der Waals surface area contributed by atoms with Crippen molar-refractivity contribution in [1.82, 2.24) is 4.90 Å². The molecule has 2 amide bonds. The van der Waals surface area contributed by atoms with E-state index in [1.54, 1.807) is 0 Å². The number of carbonyl (C=O) groups excluding carboxylic acids is 2. The molecule has 1 aliphatic heterocycles. The third-order valence-corrected chi connectivity index (χ3v) is 2.73. The highest BCUT2D eigenvalue weighted by atomic mass is 19.2. The minimum Gasteiger partial charge on any atom is -0.286 e. The van der Waals surface area contributed by atoms with Gasteiger partial charge in [0.2, 0.25) is 17.6 Å². The van der Waals surface area contributed by atoms with Gasteiger partial charge in [-0.2, -0.15) is 0 Å². The quantitative estimate of drug-likeness (QED) is 0.319. The SMILES string of the molecule is C.CN1C(=O)CCC1=O.Cc1c(F)c(F)c(F)c(F)c1F. The fraction of sp³-hybridized carbons (Fsp3) is 0.385. The van der Waals surface area contributed by atoms with Gasteiger partial charge in [0.15, 0.2) is 23.3 Å². The summed E-state index contributed by atoms with van der Waals surface area (Å²) in [6.45, 7) is 0.816. The van der Waals surface area contributed by atoms with Crippen LogP contribution in [0.1, 0.15) is 25.8 Å². The van der Waals surface area contributed by atoms with Gasteiger partial charge in [-0.15, -0.1) is 0 Å². The van der Waals surface area contributed by atoms with Gasteiger partial charge in [0.25, 0.3) is 0 Å². The molecule has 0 unspecified atom stereocenters. The number of halogens is 5.